The van der Waals surface area contributed by atoms with E-state index in [2.05, 4.69) is 23.7 Å². The van der Waals surface area contributed by atoms with Gasteiger partial charge in [-0.2, -0.15) is 5.10 Å². The quantitative estimate of drug-likeness (QED) is 0.616. The highest BCUT2D eigenvalue weighted by atomic mass is 15.5. The molecule has 0 saturated heterocycles. The summed E-state index contributed by atoms with van der Waals surface area (Å²) in [6.07, 6.45) is 3.35. The molecular weight excluding hydrogens is 224 g/mol. The van der Waals surface area contributed by atoms with Gasteiger partial charge in [-0.05, 0) is 37.0 Å². The molecule has 0 aliphatic heterocycles. The summed E-state index contributed by atoms with van der Waals surface area (Å²) in [5, 5.41) is 8.68. The minimum Gasteiger partial charge on any atom is -0.385 e. The number of benzene rings is 1. The fourth-order valence-corrected chi connectivity index (χ4v) is 1.81. The van der Waals surface area contributed by atoms with E-state index in [4.69, 9.17) is 5.73 Å². The smallest absolute Gasteiger partial charge is 0.126 e. The molecule has 4 nitrogen and oxygen atoms in total. The third kappa shape index (κ3) is 2.53. The van der Waals surface area contributed by atoms with Crippen LogP contribution in [0.3, 0.4) is 0 Å². The molecule has 0 atom stereocenters. The molecule has 0 spiro atoms. The second-order valence-corrected chi connectivity index (χ2v) is 4.23. The lowest BCUT2D eigenvalue weighted by Gasteiger charge is -2.25. The van der Waals surface area contributed by atoms with E-state index >= 15 is 0 Å². The molecule has 3 N–H and O–H groups in total. The zero-order valence-electron chi connectivity index (χ0n) is 10.4. The third-order valence-corrected chi connectivity index (χ3v) is 3.01. The second kappa shape index (κ2) is 5.40. The van der Waals surface area contributed by atoms with E-state index in [1.807, 2.05) is 30.3 Å². The van der Waals surface area contributed by atoms with Gasteiger partial charge in [0.2, 0.25) is 0 Å². The van der Waals surface area contributed by atoms with Crippen molar-refractivity contribution in [2.45, 2.75) is 19.3 Å². The summed E-state index contributed by atoms with van der Waals surface area (Å²) in [7, 11) is 0. The molecule has 1 saturated carbocycles. The first-order valence-corrected chi connectivity index (χ1v) is 5.97. The molecule has 1 aromatic rings. The van der Waals surface area contributed by atoms with Gasteiger partial charge < -0.3 is 11.1 Å². The zero-order chi connectivity index (χ0) is 13.0. The number of para-hydroxylation sites is 1. The molecule has 1 aliphatic rings. The van der Waals surface area contributed by atoms with Gasteiger partial charge >= 0.3 is 0 Å². The molecule has 0 heterocycles. The summed E-state index contributed by atoms with van der Waals surface area (Å²) < 4.78 is 0. The molecule has 1 fully saturated rings. The van der Waals surface area contributed by atoms with Crippen molar-refractivity contribution in [1.82, 2.24) is 5.32 Å². The van der Waals surface area contributed by atoms with Crippen LogP contribution in [0.15, 0.2) is 59.2 Å². The Bertz CT molecular complexity index is 470. The van der Waals surface area contributed by atoms with Crippen LogP contribution in [0.1, 0.15) is 19.3 Å². The van der Waals surface area contributed by atoms with E-state index in [1.165, 1.54) is 12.0 Å². The van der Waals surface area contributed by atoms with E-state index in [1.54, 1.807) is 5.01 Å². The number of hydrogen-bond donors (Lipinski definition) is 2. The van der Waals surface area contributed by atoms with Crippen LogP contribution in [0.25, 0.3) is 0 Å². The molecule has 1 aromatic carbocycles. The average Bonchev–Trinajstić information content (AvgIpc) is 2.28. The van der Waals surface area contributed by atoms with Crippen molar-refractivity contribution in [3.63, 3.8) is 0 Å². The Balaban J connectivity index is 2.09. The van der Waals surface area contributed by atoms with Crippen LogP contribution in [0.4, 0.5) is 5.69 Å². The molecular formula is C14H18N4. The standard InChI is InChI=1S/C14H18N4/c1-11(17-14(15)12-7-6-8-12)18(16-2)13-9-4-3-5-10-13/h3-5,9-10,17H,1-2,6-8,15H2. The molecule has 0 radical (unpaired) electrons. The first-order chi connectivity index (χ1) is 8.72. The molecule has 0 bridgehead atoms. The van der Waals surface area contributed by atoms with Crippen LogP contribution >= 0.6 is 0 Å². The van der Waals surface area contributed by atoms with E-state index in [9.17, 15) is 0 Å². The SMILES string of the molecule is C=NN(C(=C)NC(N)=C1CCC1)c1ccccc1. The number of allylic oxidation sites excluding steroid dienone is 1. The van der Waals surface area contributed by atoms with Crippen molar-refractivity contribution in [1.29, 1.82) is 0 Å². The van der Waals surface area contributed by atoms with Crippen LogP contribution in [0, 0.1) is 0 Å². The lowest BCUT2D eigenvalue weighted by molar-refractivity contribution is 0.633. The van der Waals surface area contributed by atoms with Gasteiger partial charge in [-0.1, -0.05) is 24.8 Å². The van der Waals surface area contributed by atoms with Gasteiger partial charge in [0.05, 0.1) is 5.69 Å². The Morgan fingerprint density at radius 2 is 1.94 bits per heavy atom. The predicted octanol–water partition coefficient (Wildman–Crippen LogP) is 2.52. The lowest BCUT2D eigenvalue weighted by Crippen LogP contribution is -2.31. The molecule has 2 rings (SSSR count). The maximum atomic E-state index is 5.97. The van der Waals surface area contributed by atoms with Crippen molar-refractivity contribution >= 4 is 12.4 Å². The summed E-state index contributed by atoms with van der Waals surface area (Å²) in [5.74, 6) is 1.30. The van der Waals surface area contributed by atoms with Gasteiger partial charge in [0, 0.05) is 6.72 Å². The molecule has 0 amide bonds. The van der Waals surface area contributed by atoms with Crippen LogP contribution in [-0.2, 0) is 0 Å². The summed E-state index contributed by atoms with van der Waals surface area (Å²) in [6.45, 7) is 7.51. The minimum atomic E-state index is 0.605. The van der Waals surface area contributed by atoms with Crippen molar-refractivity contribution < 1.29 is 0 Å². The number of nitrogens with one attached hydrogen (secondary N) is 1. The molecule has 18 heavy (non-hydrogen) atoms. The normalized spacial score (nSPS) is 13.4. The van der Waals surface area contributed by atoms with E-state index in [-0.39, 0.29) is 0 Å². The highest BCUT2D eigenvalue weighted by Gasteiger charge is 2.15. The number of nitrogens with two attached hydrogens (primary N) is 1. The molecule has 0 aromatic heterocycles. The first-order valence-electron chi connectivity index (χ1n) is 5.97. The van der Waals surface area contributed by atoms with Crippen molar-refractivity contribution in [2.24, 2.45) is 10.8 Å². The van der Waals surface area contributed by atoms with Gasteiger partial charge in [-0.15, -0.1) is 0 Å². The largest absolute Gasteiger partial charge is 0.385 e. The van der Waals surface area contributed by atoms with Crippen molar-refractivity contribution in [2.75, 3.05) is 5.01 Å². The molecule has 0 unspecified atom stereocenters. The van der Waals surface area contributed by atoms with Crippen LogP contribution in [-0.4, -0.2) is 6.72 Å². The van der Waals surface area contributed by atoms with Crippen molar-refractivity contribution in [3.05, 3.63) is 54.1 Å². The number of hydrazone groups is 1. The summed E-state index contributed by atoms with van der Waals surface area (Å²) >= 11 is 0. The van der Waals surface area contributed by atoms with Gasteiger partial charge in [0.1, 0.15) is 11.6 Å². The highest BCUT2D eigenvalue weighted by molar-refractivity contribution is 5.52. The Labute approximate surface area is 107 Å². The number of hydrogen-bond acceptors (Lipinski definition) is 4. The third-order valence-electron chi connectivity index (χ3n) is 3.01. The van der Waals surface area contributed by atoms with Gasteiger partial charge in [0.25, 0.3) is 0 Å². The summed E-state index contributed by atoms with van der Waals surface area (Å²) in [4.78, 5) is 0. The Morgan fingerprint density at radius 1 is 1.28 bits per heavy atom. The number of rotatable bonds is 5. The first kappa shape index (κ1) is 12.2. The Kier molecular flexibility index (Phi) is 3.67. The Morgan fingerprint density at radius 3 is 2.44 bits per heavy atom. The van der Waals surface area contributed by atoms with Gasteiger partial charge in [-0.25, -0.2) is 5.01 Å². The fraction of sp³-hybridized carbons (Fsp3) is 0.214. The second-order valence-electron chi connectivity index (χ2n) is 4.23. The number of nitrogens with zero attached hydrogens (tertiary/aromatic N) is 2. The van der Waals surface area contributed by atoms with Gasteiger partial charge in [0.15, 0.2) is 0 Å². The van der Waals surface area contributed by atoms with E-state index in [0.717, 1.165) is 18.5 Å². The van der Waals surface area contributed by atoms with Crippen LogP contribution < -0.4 is 16.1 Å². The van der Waals surface area contributed by atoms with Crippen LogP contribution in [0.5, 0.6) is 0 Å². The topological polar surface area (TPSA) is 53.6 Å². The summed E-state index contributed by atoms with van der Waals surface area (Å²) in [5.41, 5.74) is 8.13. The minimum absolute atomic E-state index is 0.605. The molecule has 94 valence electrons. The zero-order valence-corrected chi connectivity index (χ0v) is 10.4. The monoisotopic (exact) mass is 242 g/mol. The predicted molar refractivity (Wildman–Crippen MR) is 75.8 cm³/mol. The lowest BCUT2D eigenvalue weighted by atomic mass is 9.92. The van der Waals surface area contributed by atoms with E-state index < -0.39 is 0 Å². The highest BCUT2D eigenvalue weighted by Crippen LogP contribution is 2.26. The maximum Gasteiger partial charge on any atom is 0.126 e. The molecule has 1 aliphatic carbocycles. The van der Waals surface area contributed by atoms with E-state index in [0.29, 0.717) is 11.6 Å². The molecule has 4 heteroatoms. The number of anilines is 1. The fourth-order valence-electron chi connectivity index (χ4n) is 1.81. The average molecular weight is 242 g/mol. The summed E-state index contributed by atoms with van der Waals surface area (Å²) in [6, 6.07) is 9.71. The Hall–Kier alpha value is -2.23. The van der Waals surface area contributed by atoms with Gasteiger partial charge in [-0.3, -0.25) is 0 Å². The maximum absolute atomic E-state index is 5.97. The van der Waals surface area contributed by atoms with Crippen LogP contribution in [0.2, 0.25) is 0 Å². The van der Waals surface area contributed by atoms with Crippen molar-refractivity contribution in [3.8, 4) is 0 Å².